The topological polar surface area (TPSA) is 55.4 Å². The molecule has 6 heteroatoms. The van der Waals surface area contributed by atoms with Crippen LogP contribution in [0.2, 0.25) is 0 Å². The van der Waals surface area contributed by atoms with Crippen LogP contribution in [-0.2, 0) is 7.05 Å². The molecule has 3 heterocycles. The number of nitrogens with zero attached hydrogens (tertiary/aromatic N) is 5. The Morgan fingerprint density at radius 2 is 1.82 bits per heavy atom. The van der Waals surface area contributed by atoms with Gasteiger partial charge in [-0.05, 0) is 29.7 Å². The van der Waals surface area contributed by atoms with Gasteiger partial charge in [0.2, 0.25) is 5.95 Å². The lowest BCUT2D eigenvalue weighted by Crippen LogP contribution is -2.35. The zero-order chi connectivity index (χ0) is 19.5. The summed E-state index contributed by atoms with van der Waals surface area (Å²) in [5.41, 5.74) is 4.33. The monoisotopic (exact) mass is 369 g/mol. The summed E-state index contributed by atoms with van der Waals surface area (Å²) in [6.07, 6.45) is 6.48. The third-order valence-electron chi connectivity index (χ3n) is 4.89. The largest absolute Gasteiger partial charge is 0.338 e. The van der Waals surface area contributed by atoms with Gasteiger partial charge in [-0.2, -0.15) is 0 Å². The zero-order valence-corrected chi connectivity index (χ0v) is 15.5. The van der Waals surface area contributed by atoms with E-state index < -0.39 is 0 Å². The Morgan fingerprint density at radius 1 is 1.07 bits per heavy atom. The smallest absolute Gasteiger partial charge is 0.255 e. The van der Waals surface area contributed by atoms with Crippen molar-refractivity contribution in [3.63, 3.8) is 0 Å². The van der Waals surface area contributed by atoms with Crippen LogP contribution >= 0.6 is 0 Å². The first kappa shape index (κ1) is 17.7. The average molecular weight is 369 g/mol. The van der Waals surface area contributed by atoms with Crippen molar-refractivity contribution in [1.82, 2.24) is 14.5 Å². The standard InChI is InChI=1S/C22H19N5O/c1-23-19-7-5-16(6-8-19)18-4-3-13-27(15-18)22-25-20(14-21(28)26(22)2)17-9-11-24-12-10-17/h4-12,14H,3,13,15H2,2H3. The molecule has 0 N–H and O–H groups in total. The molecule has 0 amide bonds. The number of benzene rings is 1. The third kappa shape index (κ3) is 3.42. The first-order chi connectivity index (χ1) is 13.7. The Morgan fingerprint density at radius 3 is 2.54 bits per heavy atom. The summed E-state index contributed by atoms with van der Waals surface area (Å²) in [6.45, 7) is 8.55. The first-order valence-electron chi connectivity index (χ1n) is 9.06. The predicted octanol–water partition coefficient (Wildman–Crippen LogP) is 3.69. The SMILES string of the molecule is [C-]#[N+]c1ccc(C2=CCCN(c3nc(-c4ccncc4)cc(=O)n3C)C2)cc1. The van der Waals surface area contributed by atoms with E-state index in [2.05, 4.69) is 20.8 Å². The van der Waals surface area contributed by atoms with Gasteiger partial charge in [0.05, 0.1) is 12.3 Å². The van der Waals surface area contributed by atoms with Crippen LogP contribution in [0.15, 0.2) is 65.7 Å². The van der Waals surface area contributed by atoms with Gasteiger partial charge in [-0.25, -0.2) is 9.83 Å². The summed E-state index contributed by atoms with van der Waals surface area (Å²) in [6, 6.07) is 12.9. The van der Waals surface area contributed by atoms with Crippen LogP contribution < -0.4 is 10.5 Å². The number of hydrogen-bond donors (Lipinski definition) is 0. The average Bonchev–Trinajstić information content (AvgIpc) is 2.76. The second-order valence-electron chi connectivity index (χ2n) is 6.67. The minimum absolute atomic E-state index is 0.0886. The van der Waals surface area contributed by atoms with Crippen LogP contribution in [0.1, 0.15) is 12.0 Å². The molecule has 0 spiro atoms. The van der Waals surface area contributed by atoms with E-state index in [0.717, 1.165) is 24.1 Å². The van der Waals surface area contributed by atoms with Crippen LogP contribution in [0.25, 0.3) is 21.7 Å². The van der Waals surface area contributed by atoms with Crippen LogP contribution in [0.4, 0.5) is 11.6 Å². The number of hydrogen-bond acceptors (Lipinski definition) is 4. The lowest BCUT2D eigenvalue weighted by molar-refractivity contribution is 0.727. The molecule has 0 aliphatic carbocycles. The maximum absolute atomic E-state index is 12.5. The zero-order valence-electron chi connectivity index (χ0n) is 15.5. The van der Waals surface area contributed by atoms with Crippen molar-refractivity contribution in [3.8, 4) is 11.3 Å². The fraction of sp³-hybridized carbons (Fsp3) is 0.182. The van der Waals surface area contributed by atoms with Crippen molar-refractivity contribution in [3.05, 3.63) is 88.3 Å². The number of aromatic nitrogens is 3. The van der Waals surface area contributed by atoms with E-state index in [1.165, 1.54) is 5.57 Å². The van der Waals surface area contributed by atoms with Crippen LogP contribution in [0.3, 0.4) is 0 Å². The highest BCUT2D eigenvalue weighted by atomic mass is 16.1. The van der Waals surface area contributed by atoms with Crippen molar-refractivity contribution in [2.45, 2.75) is 6.42 Å². The van der Waals surface area contributed by atoms with Gasteiger partial charge in [-0.1, -0.05) is 30.3 Å². The molecule has 2 aromatic heterocycles. The summed E-state index contributed by atoms with van der Waals surface area (Å²) in [7, 11) is 1.75. The van der Waals surface area contributed by atoms with E-state index in [1.807, 2.05) is 36.4 Å². The second-order valence-corrected chi connectivity index (χ2v) is 6.67. The molecule has 138 valence electrons. The molecule has 4 rings (SSSR count). The molecular formula is C22H19N5O. The van der Waals surface area contributed by atoms with Gasteiger partial charge >= 0.3 is 0 Å². The van der Waals surface area contributed by atoms with Gasteiger partial charge in [0, 0.05) is 44.2 Å². The first-order valence-corrected chi connectivity index (χ1v) is 9.06. The van der Waals surface area contributed by atoms with Gasteiger partial charge in [-0.3, -0.25) is 14.3 Å². The van der Waals surface area contributed by atoms with Crippen LogP contribution in [-0.4, -0.2) is 27.6 Å². The van der Waals surface area contributed by atoms with Crippen LogP contribution in [0, 0.1) is 6.57 Å². The molecule has 0 saturated carbocycles. The molecule has 0 atom stereocenters. The highest BCUT2D eigenvalue weighted by Gasteiger charge is 2.19. The summed E-state index contributed by atoms with van der Waals surface area (Å²) < 4.78 is 1.59. The molecule has 3 aromatic rings. The molecule has 28 heavy (non-hydrogen) atoms. The minimum atomic E-state index is -0.0886. The normalized spacial score (nSPS) is 13.7. The van der Waals surface area contributed by atoms with E-state index in [9.17, 15) is 4.79 Å². The third-order valence-corrected chi connectivity index (χ3v) is 4.89. The Labute approximate surface area is 163 Å². The number of anilines is 1. The summed E-state index contributed by atoms with van der Waals surface area (Å²) in [5.74, 6) is 0.655. The molecule has 0 radical (unpaired) electrons. The Bertz CT molecular complexity index is 1120. The second kappa shape index (κ2) is 7.49. The molecule has 1 aliphatic rings. The van der Waals surface area contributed by atoms with Gasteiger partial charge in [0.15, 0.2) is 5.69 Å². The van der Waals surface area contributed by atoms with E-state index in [0.29, 0.717) is 23.9 Å². The lowest BCUT2D eigenvalue weighted by Gasteiger charge is -2.30. The molecular weight excluding hydrogens is 350 g/mol. The van der Waals surface area contributed by atoms with Crippen molar-refractivity contribution >= 4 is 17.2 Å². The fourth-order valence-corrected chi connectivity index (χ4v) is 3.35. The summed E-state index contributed by atoms with van der Waals surface area (Å²) >= 11 is 0. The van der Waals surface area contributed by atoms with E-state index in [4.69, 9.17) is 11.6 Å². The van der Waals surface area contributed by atoms with E-state index in [-0.39, 0.29) is 5.56 Å². The molecule has 0 unspecified atom stereocenters. The minimum Gasteiger partial charge on any atom is -0.338 e. The molecule has 0 saturated heterocycles. The van der Waals surface area contributed by atoms with Gasteiger partial charge in [-0.15, -0.1) is 0 Å². The Kier molecular flexibility index (Phi) is 4.73. The molecule has 1 aliphatic heterocycles. The highest BCUT2D eigenvalue weighted by molar-refractivity contribution is 5.72. The highest BCUT2D eigenvalue weighted by Crippen LogP contribution is 2.26. The van der Waals surface area contributed by atoms with Gasteiger partial charge in [0.25, 0.3) is 5.56 Å². The maximum Gasteiger partial charge on any atom is 0.255 e. The van der Waals surface area contributed by atoms with Crippen molar-refractivity contribution in [2.75, 3.05) is 18.0 Å². The number of pyridine rings is 1. The summed E-state index contributed by atoms with van der Waals surface area (Å²) in [4.78, 5) is 26.9. The van der Waals surface area contributed by atoms with Crippen molar-refractivity contribution < 1.29 is 0 Å². The van der Waals surface area contributed by atoms with Crippen molar-refractivity contribution in [2.24, 2.45) is 7.05 Å². The maximum atomic E-state index is 12.5. The molecule has 1 aromatic carbocycles. The Hall–Kier alpha value is -3.72. The fourth-order valence-electron chi connectivity index (χ4n) is 3.35. The van der Waals surface area contributed by atoms with Crippen molar-refractivity contribution in [1.29, 1.82) is 0 Å². The molecule has 0 bridgehead atoms. The predicted molar refractivity (Wildman–Crippen MR) is 110 cm³/mol. The van der Waals surface area contributed by atoms with Crippen LogP contribution in [0.5, 0.6) is 0 Å². The summed E-state index contributed by atoms with van der Waals surface area (Å²) in [5, 5.41) is 0. The number of rotatable bonds is 3. The van der Waals surface area contributed by atoms with E-state index >= 15 is 0 Å². The lowest BCUT2D eigenvalue weighted by atomic mass is 10.0. The van der Waals surface area contributed by atoms with E-state index in [1.54, 1.807) is 30.1 Å². The molecule has 6 nitrogen and oxygen atoms in total. The quantitative estimate of drug-likeness (QED) is 0.661. The van der Waals surface area contributed by atoms with Gasteiger partial charge < -0.3 is 4.90 Å². The molecule has 0 fully saturated rings. The van der Waals surface area contributed by atoms with Gasteiger partial charge in [0.1, 0.15) is 0 Å². The Balaban J connectivity index is 1.67.